The van der Waals surface area contributed by atoms with E-state index in [-0.39, 0.29) is 48.3 Å². The van der Waals surface area contributed by atoms with Crippen LogP contribution in [0.2, 0.25) is 22.9 Å². The third kappa shape index (κ3) is 4.53. The number of oxime groups is 1. The number of rotatable bonds is 6. The molecule has 0 radical (unpaired) electrons. The van der Waals surface area contributed by atoms with Crippen LogP contribution in [0, 0.1) is 5.92 Å². The molecule has 11 atom stereocenters. The molecule has 4 saturated heterocycles. The summed E-state index contributed by atoms with van der Waals surface area (Å²) in [5.74, 6) is -1.09. The van der Waals surface area contributed by atoms with Crippen LogP contribution < -0.4 is 4.46 Å². The van der Waals surface area contributed by atoms with Gasteiger partial charge in [0.15, 0.2) is 0 Å². The van der Waals surface area contributed by atoms with E-state index < -0.39 is 50.9 Å². The second-order valence-electron chi connectivity index (χ2n) is 12.9. The number of hydrogen-bond donors (Lipinski definition) is 1. The van der Waals surface area contributed by atoms with Gasteiger partial charge in [0.1, 0.15) is 0 Å². The normalized spacial score (nSPS) is 42.1. The number of ether oxygens (including phenoxy) is 4. The molecule has 1 aromatic rings. The van der Waals surface area contributed by atoms with E-state index in [9.17, 15) is 5.11 Å². The van der Waals surface area contributed by atoms with E-state index >= 15 is 0 Å². The Morgan fingerprint density at radius 2 is 1.76 bits per heavy atom. The molecular weight excluding hydrogens is 593 g/mol. The van der Waals surface area contributed by atoms with E-state index in [4.69, 9.17) is 39.8 Å². The van der Waals surface area contributed by atoms with Crippen LogP contribution in [0.5, 0.6) is 0 Å². The summed E-state index contributed by atoms with van der Waals surface area (Å²) in [4.78, 5) is 6.03. The van der Waals surface area contributed by atoms with Crippen LogP contribution in [-0.2, 0) is 28.2 Å². The third-order valence-electron chi connectivity index (χ3n) is 8.82. The van der Waals surface area contributed by atoms with E-state index in [2.05, 4.69) is 63.3 Å². The van der Waals surface area contributed by atoms with Crippen LogP contribution in [0.25, 0.3) is 0 Å². The summed E-state index contributed by atoms with van der Waals surface area (Å²) in [5.41, 5.74) is 0.650. The van der Waals surface area contributed by atoms with Crippen LogP contribution in [0.15, 0.2) is 35.5 Å². The van der Waals surface area contributed by atoms with E-state index in [1.807, 2.05) is 19.9 Å². The SMILES string of the molecule is CC1(C)O[C@H]2O[C@@H]3C([C@@H](O[Si](C)(C)C(C)(C)C)[C@@H]4[C@@H](O)[C@@H]5O[C@H]4[C@@H]([Se]c4ccccc4)[C@@H]5Cl)=NO[C@@H]3[C@H]2O1. The Balaban J connectivity index is 1.32. The first kappa shape index (κ1) is 27.6. The van der Waals surface area contributed by atoms with Crippen molar-refractivity contribution in [3.63, 3.8) is 0 Å². The van der Waals surface area contributed by atoms with Crippen LogP contribution in [0.1, 0.15) is 34.6 Å². The molecule has 210 valence electrons. The quantitative estimate of drug-likeness (QED) is 0.382. The molecule has 38 heavy (non-hydrogen) atoms. The molecule has 6 rings (SSSR count). The minimum absolute atomic E-state index is 0.0558. The van der Waals surface area contributed by atoms with Crippen LogP contribution in [0.4, 0.5) is 0 Å². The van der Waals surface area contributed by atoms with E-state index in [1.54, 1.807) is 0 Å². The number of aliphatic hydroxyl groups excluding tert-OH is 1. The Hall–Kier alpha value is -0.524. The standard InChI is InChI=1S/C27H38ClNO7SeSi/c1-26(2,3)38(6,7)36-18(16-21-22(35-29-16)23-25(32-21)34-27(4,5)33-23)14-17(30)20-15(28)24(19(14)31-20)37-13-11-9-8-10-12-13/h8-12,14-15,17-25,30H,1-7H3/t14-,15+,17+,18-,19+,20+,21+,22-,23+,24-,25+/m0/s1. The third-order valence-corrected chi connectivity index (χ3v) is 17.0. The second kappa shape index (κ2) is 9.51. The second-order valence-corrected chi connectivity index (χ2v) is 20.8. The molecule has 0 saturated carbocycles. The van der Waals surface area contributed by atoms with Gasteiger partial charge < -0.3 is 0 Å². The summed E-state index contributed by atoms with van der Waals surface area (Å²) in [6.45, 7) is 14.8. The Morgan fingerprint density at radius 1 is 1.05 bits per heavy atom. The van der Waals surface area contributed by atoms with Gasteiger partial charge in [0.05, 0.1) is 0 Å². The molecular formula is C27H38ClNO7SeSi. The summed E-state index contributed by atoms with van der Waals surface area (Å²) in [5, 5.41) is 15.8. The Labute approximate surface area is 236 Å². The number of hydrogen-bond acceptors (Lipinski definition) is 8. The van der Waals surface area contributed by atoms with Gasteiger partial charge in [-0.15, -0.1) is 0 Å². The molecule has 0 amide bonds. The van der Waals surface area contributed by atoms with Gasteiger partial charge in [-0.25, -0.2) is 0 Å². The van der Waals surface area contributed by atoms with Crippen LogP contribution >= 0.6 is 11.6 Å². The van der Waals surface area contributed by atoms with E-state index in [1.165, 1.54) is 4.46 Å². The zero-order valence-electron chi connectivity index (χ0n) is 22.9. The first-order valence-electron chi connectivity index (χ1n) is 13.4. The average Bonchev–Trinajstić information content (AvgIpc) is 3.59. The van der Waals surface area contributed by atoms with Crippen LogP contribution in [-0.4, -0.2) is 94.3 Å². The van der Waals surface area contributed by atoms with Gasteiger partial charge in [-0.2, -0.15) is 0 Å². The first-order chi connectivity index (χ1) is 17.8. The molecule has 2 bridgehead atoms. The van der Waals surface area contributed by atoms with Crippen molar-refractivity contribution < 1.29 is 33.3 Å². The van der Waals surface area contributed by atoms with Gasteiger partial charge in [0, 0.05) is 0 Å². The molecule has 0 aliphatic carbocycles. The molecule has 4 fully saturated rings. The summed E-state index contributed by atoms with van der Waals surface area (Å²) < 4.78 is 33.2. The number of benzene rings is 1. The molecule has 1 N–H and O–H groups in total. The Kier molecular flexibility index (Phi) is 6.92. The van der Waals surface area contributed by atoms with Gasteiger partial charge in [-0.1, -0.05) is 0 Å². The molecule has 0 unspecified atom stereocenters. The van der Waals surface area contributed by atoms with Gasteiger partial charge in [0.25, 0.3) is 0 Å². The maximum absolute atomic E-state index is 11.6. The number of nitrogens with zero attached hydrogens (tertiary/aromatic N) is 1. The van der Waals surface area contributed by atoms with E-state index in [0.717, 1.165) is 0 Å². The summed E-state index contributed by atoms with van der Waals surface area (Å²) in [6.07, 6.45) is -3.87. The maximum atomic E-state index is 11.6. The van der Waals surface area contributed by atoms with Gasteiger partial charge in [0.2, 0.25) is 0 Å². The van der Waals surface area contributed by atoms with Crippen molar-refractivity contribution in [2.24, 2.45) is 11.1 Å². The molecule has 8 nitrogen and oxygen atoms in total. The Morgan fingerprint density at radius 3 is 2.42 bits per heavy atom. The fourth-order valence-corrected chi connectivity index (χ4v) is 10.5. The average molecular weight is 631 g/mol. The van der Waals surface area contributed by atoms with Crippen molar-refractivity contribution in [3.05, 3.63) is 30.3 Å². The van der Waals surface area contributed by atoms with Gasteiger partial charge in [-0.05, 0) is 0 Å². The first-order valence-corrected chi connectivity index (χ1v) is 18.6. The van der Waals surface area contributed by atoms with Crippen LogP contribution in [0.3, 0.4) is 0 Å². The zero-order valence-corrected chi connectivity index (χ0v) is 26.3. The number of aliphatic hydroxyl groups is 1. The molecule has 1 aromatic carbocycles. The fourth-order valence-electron chi connectivity index (χ4n) is 5.88. The molecule has 0 aromatic heterocycles. The summed E-state index contributed by atoms with van der Waals surface area (Å²) >= 11 is 6.99. The van der Waals surface area contributed by atoms with Crippen molar-refractivity contribution in [2.45, 2.75) is 118 Å². The topological polar surface area (TPSA) is 88.0 Å². The molecule has 5 aliphatic rings. The van der Waals surface area contributed by atoms with Gasteiger partial charge in [-0.3, -0.25) is 0 Å². The predicted octanol–water partition coefficient (Wildman–Crippen LogP) is 3.19. The molecule has 0 spiro atoms. The zero-order chi connectivity index (χ0) is 27.2. The molecule has 11 heteroatoms. The van der Waals surface area contributed by atoms with Crippen molar-refractivity contribution in [1.82, 2.24) is 0 Å². The van der Waals surface area contributed by atoms with Gasteiger partial charge >= 0.3 is 238 Å². The summed E-state index contributed by atoms with van der Waals surface area (Å²) in [6, 6.07) is 10.4. The van der Waals surface area contributed by atoms with Crippen molar-refractivity contribution in [3.8, 4) is 0 Å². The monoisotopic (exact) mass is 631 g/mol. The van der Waals surface area contributed by atoms with Crippen molar-refractivity contribution in [1.29, 1.82) is 0 Å². The van der Waals surface area contributed by atoms with E-state index in [0.29, 0.717) is 5.71 Å². The predicted molar refractivity (Wildman–Crippen MR) is 146 cm³/mol. The van der Waals surface area contributed by atoms with Crippen molar-refractivity contribution >= 4 is 45.0 Å². The number of halogens is 1. The number of alkyl halides is 1. The molecule has 5 heterocycles. The van der Waals surface area contributed by atoms with Crippen molar-refractivity contribution in [2.75, 3.05) is 0 Å². The minimum atomic E-state index is -2.32. The fraction of sp³-hybridized carbons (Fsp3) is 0.741. The number of fused-ring (bicyclic) bond motifs is 5. The Bertz CT molecular complexity index is 1080. The summed E-state index contributed by atoms with van der Waals surface area (Å²) in [7, 11) is -2.32. The molecule has 5 aliphatic heterocycles.